The van der Waals surface area contributed by atoms with Crippen LogP contribution in [0, 0.1) is 0 Å². The molecule has 0 amide bonds. The molecule has 19 heavy (non-hydrogen) atoms. The topological polar surface area (TPSA) is 26.3 Å². The second-order valence-corrected chi connectivity index (χ2v) is 4.66. The van der Waals surface area contributed by atoms with E-state index in [-0.39, 0.29) is 6.10 Å². The van der Waals surface area contributed by atoms with Crippen molar-refractivity contribution in [3.8, 4) is 5.75 Å². The van der Waals surface area contributed by atoms with E-state index in [0.717, 1.165) is 24.0 Å². The fraction of sp³-hybridized carbons (Fsp3) is 0.188. The number of rotatable bonds is 5. The molecule has 3 heteroatoms. The van der Waals surface area contributed by atoms with Gasteiger partial charge in [-0.15, -0.1) is 0 Å². The molecule has 0 aromatic heterocycles. The molecule has 0 radical (unpaired) electrons. The monoisotopic (exact) mass is 274 g/mol. The van der Waals surface area contributed by atoms with E-state index in [1.165, 1.54) is 0 Å². The highest BCUT2D eigenvalue weighted by Crippen LogP contribution is 2.28. The quantitative estimate of drug-likeness (QED) is 0.740. The summed E-state index contributed by atoms with van der Waals surface area (Å²) in [5, 5.41) is 0.607. The van der Waals surface area contributed by atoms with E-state index in [1.807, 2.05) is 37.3 Å². The van der Waals surface area contributed by atoms with E-state index in [9.17, 15) is 4.79 Å². The van der Waals surface area contributed by atoms with Crippen LogP contribution in [0.25, 0.3) is 0 Å². The molecule has 0 aliphatic heterocycles. The Morgan fingerprint density at radius 2 is 1.95 bits per heavy atom. The molecule has 0 saturated carbocycles. The van der Waals surface area contributed by atoms with Crippen molar-refractivity contribution in [1.82, 2.24) is 0 Å². The zero-order chi connectivity index (χ0) is 13.7. The minimum absolute atomic E-state index is 0.179. The third-order valence-electron chi connectivity index (χ3n) is 2.92. The van der Waals surface area contributed by atoms with Crippen molar-refractivity contribution >= 4 is 17.9 Å². The molecule has 0 heterocycles. The van der Waals surface area contributed by atoms with Crippen LogP contribution in [0.15, 0.2) is 48.5 Å². The third kappa shape index (κ3) is 3.36. The lowest BCUT2D eigenvalue weighted by atomic mass is 10.0. The lowest BCUT2D eigenvalue weighted by molar-refractivity contribution is 0.111. The van der Waals surface area contributed by atoms with Gasteiger partial charge in [0.05, 0.1) is 0 Å². The van der Waals surface area contributed by atoms with Gasteiger partial charge in [-0.1, -0.05) is 36.7 Å². The van der Waals surface area contributed by atoms with Crippen LogP contribution in [0.5, 0.6) is 5.75 Å². The van der Waals surface area contributed by atoms with Crippen LogP contribution in [0.2, 0.25) is 5.02 Å². The summed E-state index contributed by atoms with van der Waals surface area (Å²) in [6.07, 6.45) is 1.42. The Bertz CT molecular complexity index is 552. The Hall–Kier alpha value is -1.80. The number of carbonyl (C=O) groups is 1. The number of hydrogen-bond acceptors (Lipinski definition) is 2. The van der Waals surface area contributed by atoms with Crippen molar-refractivity contribution in [3.05, 3.63) is 64.7 Å². The highest BCUT2D eigenvalue weighted by molar-refractivity contribution is 6.30. The highest BCUT2D eigenvalue weighted by Gasteiger charge is 2.15. The molecular formula is C16H15ClO2. The van der Waals surface area contributed by atoms with Crippen molar-refractivity contribution in [2.24, 2.45) is 0 Å². The van der Waals surface area contributed by atoms with Gasteiger partial charge >= 0.3 is 0 Å². The molecule has 2 nitrogen and oxygen atoms in total. The third-order valence-corrected chi connectivity index (χ3v) is 3.15. The first-order valence-corrected chi connectivity index (χ1v) is 6.58. The number of carbonyl (C=O) groups excluding carboxylic acids is 1. The molecule has 0 aliphatic carbocycles. The highest BCUT2D eigenvalue weighted by atomic mass is 35.5. The van der Waals surface area contributed by atoms with E-state index in [2.05, 4.69) is 0 Å². The number of ether oxygens (including phenoxy) is 1. The van der Waals surface area contributed by atoms with Crippen LogP contribution < -0.4 is 4.74 Å². The normalized spacial score (nSPS) is 11.9. The van der Waals surface area contributed by atoms with Gasteiger partial charge in [0.1, 0.15) is 18.1 Å². The smallest absolute Gasteiger partial charge is 0.150 e. The molecule has 98 valence electrons. The van der Waals surface area contributed by atoms with E-state index in [0.29, 0.717) is 10.6 Å². The van der Waals surface area contributed by atoms with Crippen molar-refractivity contribution in [2.45, 2.75) is 19.4 Å². The van der Waals surface area contributed by atoms with Gasteiger partial charge in [-0.3, -0.25) is 4.79 Å². The summed E-state index contributed by atoms with van der Waals surface area (Å²) < 4.78 is 5.93. The van der Waals surface area contributed by atoms with Gasteiger partial charge in [-0.2, -0.15) is 0 Å². The van der Waals surface area contributed by atoms with Gasteiger partial charge in [0.15, 0.2) is 0 Å². The SMILES string of the molecule is CCC(Oc1ccccc1)c1cc(Cl)ccc1C=O. The maximum Gasteiger partial charge on any atom is 0.150 e. The molecule has 0 N–H and O–H groups in total. The summed E-state index contributed by atoms with van der Waals surface area (Å²) in [4.78, 5) is 11.1. The van der Waals surface area contributed by atoms with E-state index >= 15 is 0 Å². The van der Waals surface area contributed by atoms with Gasteiger partial charge in [0.25, 0.3) is 0 Å². The Balaban J connectivity index is 2.31. The molecule has 1 unspecified atom stereocenters. The average molecular weight is 275 g/mol. The molecule has 0 fully saturated rings. The first kappa shape index (κ1) is 13.6. The molecule has 0 saturated heterocycles. The Labute approximate surface area is 118 Å². The van der Waals surface area contributed by atoms with Crippen molar-refractivity contribution in [1.29, 1.82) is 0 Å². The first-order valence-electron chi connectivity index (χ1n) is 6.21. The predicted molar refractivity (Wildman–Crippen MR) is 76.9 cm³/mol. The molecular weight excluding hydrogens is 260 g/mol. The number of hydrogen-bond donors (Lipinski definition) is 0. The van der Waals surface area contributed by atoms with Crippen LogP contribution in [-0.4, -0.2) is 6.29 Å². The molecule has 0 aliphatic rings. The molecule has 2 rings (SSSR count). The Morgan fingerprint density at radius 3 is 2.58 bits per heavy atom. The Kier molecular flexibility index (Phi) is 4.58. The Morgan fingerprint density at radius 1 is 1.21 bits per heavy atom. The van der Waals surface area contributed by atoms with Crippen LogP contribution >= 0.6 is 11.6 Å². The van der Waals surface area contributed by atoms with Gasteiger partial charge in [0.2, 0.25) is 0 Å². The summed E-state index contributed by atoms with van der Waals surface area (Å²) in [5.41, 5.74) is 1.45. The van der Waals surface area contributed by atoms with Gasteiger partial charge in [-0.25, -0.2) is 0 Å². The summed E-state index contributed by atoms with van der Waals surface area (Å²) in [7, 11) is 0. The van der Waals surface area contributed by atoms with Gasteiger partial charge in [-0.05, 0) is 36.8 Å². The van der Waals surface area contributed by atoms with Crippen molar-refractivity contribution < 1.29 is 9.53 Å². The lowest BCUT2D eigenvalue weighted by Gasteiger charge is -2.19. The van der Waals surface area contributed by atoms with Crippen LogP contribution in [0.4, 0.5) is 0 Å². The second-order valence-electron chi connectivity index (χ2n) is 4.22. The number of para-hydroxylation sites is 1. The summed E-state index contributed by atoms with van der Waals surface area (Å²) in [5.74, 6) is 0.783. The minimum Gasteiger partial charge on any atom is -0.486 e. The average Bonchev–Trinajstić information content (AvgIpc) is 2.46. The van der Waals surface area contributed by atoms with Gasteiger partial charge in [0, 0.05) is 16.1 Å². The molecule has 2 aromatic rings. The summed E-state index contributed by atoms with van der Waals surface area (Å²) in [6, 6.07) is 14.8. The largest absolute Gasteiger partial charge is 0.486 e. The molecule has 0 spiro atoms. The van der Waals surface area contributed by atoms with Crippen LogP contribution in [0.1, 0.15) is 35.4 Å². The fourth-order valence-corrected chi connectivity index (χ4v) is 2.14. The second kappa shape index (κ2) is 6.39. The first-order chi connectivity index (χ1) is 9.24. The number of halogens is 1. The zero-order valence-electron chi connectivity index (χ0n) is 10.7. The van der Waals surface area contributed by atoms with Crippen LogP contribution in [-0.2, 0) is 0 Å². The summed E-state index contributed by atoms with van der Waals surface area (Å²) >= 11 is 6.01. The molecule has 1 atom stereocenters. The number of benzene rings is 2. The van der Waals surface area contributed by atoms with Gasteiger partial charge < -0.3 is 4.74 Å². The molecule has 2 aromatic carbocycles. The van der Waals surface area contributed by atoms with Crippen molar-refractivity contribution in [3.63, 3.8) is 0 Å². The fourth-order valence-electron chi connectivity index (χ4n) is 1.96. The maximum atomic E-state index is 11.1. The molecule has 0 bridgehead atoms. The number of aldehydes is 1. The van der Waals surface area contributed by atoms with E-state index in [4.69, 9.17) is 16.3 Å². The van der Waals surface area contributed by atoms with E-state index in [1.54, 1.807) is 18.2 Å². The van der Waals surface area contributed by atoms with E-state index < -0.39 is 0 Å². The minimum atomic E-state index is -0.179. The van der Waals surface area contributed by atoms with Crippen molar-refractivity contribution in [2.75, 3.05) is 0 Å². The predicted octanol–water partition coefficient (Wildman–Crippen LogP) is 4.68. The zero-order valence-corrected chi connectivity index (χ0v) is 11.4. The van der Waals surface area contributed by atoms with Crippen LogP contribution in [0.3, 0.4) is 0 Å². The lowest BCUT2D eigenvalue weighted by Crippen LogP contribution is -2.09. The maximum absolute atomic E-state index is 11.1. The standard InChI is InChI=1S/C16H15ClO2/c1-2-16(19-14-6-4-3-5-7-14)15-10-13(17)9-8-12(15)11-18/h3-11,16H,2H2,1H3. The summed E-state index contributed by atoms with van der Waals surface area (Å²) in [6.45, 7) is 2.02.